The second kappa shape index (κ2) is 5.41. The van der Waals surface area contributed by atoms with Crippen molar-refractivity contribution in [3.8, 4) is 0 Å². The van der Waals surface area contributed by atoms with Crippen LogP contribution in [0.15, 0.2) is 28.7 Å². The predicted molar refractivity (Wildman–Crippen MR) is 74.2 cm³/mol. The van der Waals surface area contributed by atoms with Crippen LogP contribution in [0.3, 0.4) is 0 Å². The van der Waals surface area contributed by atoms with Crippen LogP contribution in [0.1, 0.15) is 30.9 Å². The zero-order valence-corrected chi connectivity index (χ0v) is 12.3. The van der Waals surface area contributed by atoms with E-state index >= 15 is 0 Å². The van der Waals surface area contributed by atoms with Crippen LogP contribution in [0, 0.1) is 5.41 Å². The molecule has 1 aromatic rings. The number of carbonyl (C=O) groups excluding carboxylic acids is 1. The standard InChI is InChI=1S/C14H18BrNO2/c1-16-12(10-4-6-11(15)7-5-10)14(8-3-9-14)13(17)18-2/h4-7,12,16H,3,8-9H2,1-2H3. The quantitative estimate of drug-likeness (QED) is 0.869. The zero-order valence-electron chi connectivity index (χ0n) is 10.7. The first-order valence-electron chi connectivity index (χ1n) is 6.15. The molecular weight excluding hydrogens is 294 g/mol. The van der Waals surface area contributed by atoms with Gasteiger partial charge in [-0.15, -0.1) is 0 Å². The van der Waals surface area contributed by atoms with Gasteiger partial charge in [0.05, 0.1) is 12.5 Å². The monoisotopic (exact) mass is 311 g/mol. The molecule has 0 heterocycles. The van der Waals surface area contributed by atoms with E-state index in [0.29, 0.717) is 0 Å². The van der Waals surface area contributed by atoms with Crippen molar-refractivity contribution in [3.63, 3.8) is 0 Å². The number of rotatable bonds is 4. The number of benzene rings is 1. The Hall–Kier alpha value is -0.870. The van der Waals surface area contributed by atoms with E-state index in [0.717, 1.165) is 29.3 Å². The van der Waals surface area contributed by atoms with Crippen LogP contribution in [0.2, 0.25) is 0 Å². The van der Waals surface area contributed by atoms with E-state index in [1.54, 1.807) is 0 Å². The molecule has 1 aromatic carbocycles. The van der Waals surface area contributed by atoms with Gasteiger partial charge in [0.15, 0.2) is 0 Å². The number of hydrogen-bond acceptors (Lipinski definition) is 3. The van der Waals surface area contributed by atoms with E-state index in [4.69, 9.17) is 4.74 Å². The summed E-state index contributed by atoms with van der Waals surface area (Å²) in [5.41, 5.74) is 0.739. The maximum atomic E-state index is 12.1. The third kappa shape index (κ3) is 2.19. The van der Waals surface area contributed by atoms with Gasteiger partial charge < -0.3 is 10.1 Å². The maximum Gasteiger partial charge on any atom is 0.313 e. The molecule has 0 bridgehead atoms. The lowest BCUT2D eigenvalue weighted by molar-refractivity contribution is -0.161. The smallest absolute Gasteiger partial charge is 0.313 e. The van der Waals surface area contributed by atoms with Crippen molar-refractivity contribution in [1.82, 2.24) is 5.32 Å². The molecule has 0 aliphatic heterocycles. The molecule has 3 nitrogen and oxygen atoms in total. The Labute approximate surface area is 116 Å². The Kier molecular flexibility index (Phi) is 4.07. The highest BCUT2D eigenvalue weighted by Crippen LogP contribution is 2.51. The van der Waals surface area contributed by atoms with Gasteiger partial charge in [-0.3, -0.25) is 4.79 Å². The molecule has 0 amide bonds. The fraction of sp³-hybridized carbons (Fsp3) is 0.500. The molecule has 1 N–H and O–H groups in total. The third-order valence-corrected chi connectivity index (χ3v) is 4.41. The molecular formula is C14H18BrNO2. The molecule has 1 aliphatic carbocycles. The summed E-state index contributed by atoms with van der Waals surface area (Å²) in [6, 6.07) is 8.13. The van der Waals surface area contributed by atoms with Crippen molar-refractivity contribution in [2.45, 2.75) is 25.3 Å². The van der Waals surface area contributed by atoms with E-state index in [-0.39, 0.29) is 12.0 Å². The van der Waals surface area contributed by atoms with E-state index in [1.807, 2.05) is 31.3 Å². The lowest BCUT2D eigenvalue weighted by Gasteiger charge is -2.45. The molecule has 1 saturated carbocycles. The highest BCUT2D eigenvalue weighted by Gasteiger charge is 2.51. The Morgan fingerprint density at radius 1 is 1.39 bits per heavy atom. The molecule has 1 aliphatic rings. The highest BCUT2D eigenvalue weighted by atomic mass is 79.9. The lowest BCUT2D eigenvalue weighted by atomic mass is 9.62. The lowest BCUT2D eigenvalue weighted by Crippen LogP contribution is -2.48. The van der Waals surface area contributed by atoms with Crippen molar-refractivity contribution in [3.05, 3.63) is 34.3 Å². The SMILES string of the molecule is CNC(c1ccc(Br)cc1)C1(C(=O)OC)CCC1. The van der Waals surface area contributed by atoms with Crippen LogP contribution < -0.4 is 5.32 Å². The number of hydrogen-bond donors (Lipinski definition) is 1. The summed E-state index contributed by atoms with van der Waals surface area (Å²) < 4.78 is 6.04. The van der Waals surface area contributed by atoms with Gasteiger partial charge in [-0.1, -0.05) is 34.5 Å². The molecule has 1 fully saturated rings. The Morgan fingerprint density at radius 3 is 2.39 bits per heavy atom. The summed E-state index contributed by atoms with van der Waals surface area (Å²) in [6.45, 7) is 0. The second-order valence-corrected chi connectivity index (χ2v) is 5.69. The number of nitrogens with one attached hydrogen (secondary N) is 1. The fourth-order valence-electron chi connectivity index (χ4n) is 2.79. The van der Waals surface area contributed by atoms with Crippen LogP contribution in [-0.4, -0.2) is 20.1 Å². The summed E-state index contributed by atoms with van der Waals surface area (Å²) in [4.78, 5) is 12.1. The van der Waals surface area contributed by atoms with Crippen molar-refractivity contribution in [2.24, 2.45) is 5.41 Å². The summed E-state index contributed by atoms with van der Waals surface area (Å²) in [7, 11) is 3.37. The predicted octanol–water partition coefficient (Wildman–Crippen LogP) is 3.05. The van der Waals surface area contributed by atoms with Crippen molar-refractivity contribution >= 4 is 21.9 Å². The summed E-state index contributed by atoms with van der Waals surface area (Å²) >= 11 is 3.43. The molecule has 2 rings (SSSR count). The van der Waals surface area contributed by atoms with Crippen LogP contribution in [0.25, 0.3) is 0 Å². The van der Waals surface area contributed by atoms with Gasteiger partial charge in [-0.2, -0.15) is 0 Å². The van der Waals surface area contributed by atoms with Crippen molar-refractivity contribution in [2.75, 3.05) is 14.2 Å². The summed E-state index contributed by atoms with van der Waals surface area (Å²) in [6.07, 6.45) is 2.87. The van der Waals surface area contributed by atoms with Crippen LogP contribution in [0.5, 0.6) is 0 Å². The Morgan fingerprint density at radius 2 is 2.00 bits per heavy atom. The number of esters is 1. The summed E-state index contributed by atoms with van der Waals surface area (Å²) in [5, 5.41) is 3.28. The van der Waals surface area contributed by atoms with E-state index in [9.17, 15) is 4.79 Å². The number of methoxy groups -OCH3 is 1. The second-order valence-electron chi connectivity index (χ2n) is 4.77. The molecule has 18 heavy (non-hydrogen) atoms. The van der Waals surface area contributed by atoms with E-state index < -0.39 is 5.41 Å². The van der Waals surface area contributed by atoms with Gasteiger partial charge in [-0.05, 0) is 37.6 Å². The van der Waals surface area contributed by atoms with Gasteiger partial charge in [0.2, 0.25) is 0 Å². The Bertz CT molecular complexity index is 426. The number of ether oxygens (including phenoxy) is 1. The fourth-order valence-corrected chi connectivity index (χ4v) is 3.05. The highest BCUT2D eigenvalue weighted by molar-refractivity contribution is 9.10. The largest absolute Gasteiger partial charge is 0.469 e. The Balaban J connectivity index is 2.32. The first-order chi connectivity index (χ1) is 8.64. The number of halogens is 1. The molecule has 0 saturated heterocycles. The van der Waals surface area contributed by atoms with Crippen molar-refractivity contribution in [1.29, 1.82) is 0 Å². The van der Waals surface area contributed by atoms with E-state index in [2.05, 4.69) is 21.2 Å². The van der Waals surface area contributed by atoms with Crippen LogP contribution >= 0.6 is 15.9 Å². The average molecular weight is 312 g/mol. The first-order valence-corrected chi connectivity index (χ1v) is 6.94. The minimum absolute atomic E-state index is 0.0202. The molecule has 1 unspecified atom stereocenters. The van der Waals surface area contributed by atoms with Crippen LogP contribution in [0.4, 0.5) is 0 Å². The van der Waals surface area contributed by atoms with E-state index in [1.165, 1.54) is 7.11 Å². The van der Waals surface area contributed by atoms with Gasteiger partial charge in [0.25, 0.3) is 0 Å². The minimum Gasteiger partial charge on any atom is -0.469 e. The van der Waals surface area contributed by atoms with Gasteiger partial charge in [0, 0.05) is 10.5 Å². The van der Waals surface area contributed by atoms with Gasteiger partial charge in [-0.25, -0.2) is 0 Å². The average Bonchev–Trinajstić information content (AvgIpc) is 2.34. The molecule has 0 aromatic heterocycles. The molecule has 0 spiro atoms. The molecule has 98 valence electrons. The number of carbonyl (C=O) groups is 1. The molecule has 1 atom stereocenters. The van der Waals surface area contributed by atoms with Gasteiger partial charge in [0.1, 0.15) is 0 Å². The van der Waals surface area contributed by atoms with Crippen LogP contribution in [-0.2, 0) is 9.53 Å². The molecule has 0 radical (unpaired) electrons. The minimum atomic E-state index is -0.392. The van der Waals surface area contributed by atoms with Gasteiger partial charge >= 0.3 is 5.97 Å². The maximum absolute atomic E-state index is 12.1. The topological polar surface area (TPSA) is 38.3 Å². The molecule has 4 heteroatoms. The normalized spacial score (nSPS) is 18.8. The first kappa shape index (κ1) is 13.6. The zero-order chi connectivity index (χ0) is 13.2. The summed E-state index contributed by atoms with van der Waals surface area (Å²) in [5.74, 6) is -0.101. The van der Waals surface area contributed by atoms with Crippen molar-refractivity contribution < 1.29 is 9.53 Å². The third-order valence-electron chi connectivity index (χ3n) is 3.88.